The Hall–Kier alpha value is -3.32. The zero-order valence-electron chi connectivity index (χ0n) is 18.0. The van der Waals surface area contributed by atoms with Crippen LogP contribution in [0.25, 0.3) is 10.8 Å². The second-order valence-electron chi connectivity index (χ2n) is 7.11. The summed E-state index contributed by atoms with van der Waals surface area (Å²) < 4.78 is 11.8. The Morgan fingerprint density at radius 3 is 1.24 bits per heavy atom. The van der Waals surface area contributed by atoms with Gasteiger partial charge in [-0.3, -0.25) is 0 Å². The largest absolute Gasteiger partial charge is 0.487 e. The van der Waals surface area contributed by atoms with E-state index < -0.39 is 23.1 Å². The van der Waals surface area contributed by atoms with Crippen LogP contribution in [0.15, 0.2) is 84.9 Å². The average Bonchev–Trinajstić information content (AvgIpc) is 2.82. The van der Waals surface area contributed by atoms with Gasteiger partial charge in [0.2, 0.25) is 0 Å². The first-order valence-electron chi connectivity index (χ1n) is 9.95. The summed E-state index contributed by atoms with van der Waals surface area (Å²) in [6.07, 6.45) is 0. The summed E-state index contributed by atoms with van der Waals surface area (Å²) in [5.74, 6) is -2.80. The molecule has 4 aromatic carbocycles. The van der Waals surface area contributed by atoms with E-state index in [1.54, 1.807) is 24.3 Å². The molecule has 7 heteroatoms. The zero-order valence-corrected chi connectivity index (χ0v) is 20.0. The summed E-state index contributed by atoms with van der Waals surface area (Å²) in [6, 6.07) is 25.4. The summed E-state index contributed by atoms with van der Waals surface area (Å²) in [6.45, 7) is 0.183. The van der Waals surface area contributed by atoms with E-state index >= 15 is 0 Å². The number of hydrogen-bond acceptors (Lipinski definition) is 4. The maximum atomic E-state index is 12.2. The number of aromatic carboxylic acids is 2. The van der Waals surface area contributed by atoms with E-state index in [0.29, 0.717) is 10.8 Å². The summed E-state index contributed by atoms with van der Waals surface area (Å²) in [7, 11) is 0. The van der Waals surface area contributed by atoms with Crippen molar-refractivity contribution in [3.05, 3.63) is 107 Å². The number of rotatable bonds is 8. The van der Waals surface area contributed by atoms with Gasteiger partial charge in [0.1, 0.15) is 35.8 Å². The third-order valence-corrected chi connectivity index (χ3v) is 5.00. The minimum absolute atomic E-state index is 0. The van der Waals surface area contributed by atoms with Crippen LogP contribution in [0.4, 0.5) is 0 Å². The van der Waals surface area contributed by atoms with Gasteiger partial charge in [0.25, 0.3) is 0 Å². The standard InChI is InChI=1S/C26H20O6.Na/c27-25(28)21-22(26(29)30)24(32-16-18-11-5-2-6-12-18)20-14-8-7-13-19(20)23(21)31-15-17-9-3-1-4-10-17;/h1-14H,15-16H2,(H,27,28)(H,29,30);. The van der Waals surface area contributed by atoms with Crippen molar-refractivity contribution in [1.82, 2.24) is 0 Å². The molecular formula is C26H20NaO6. The molecule has 2 N–H and O–H groups in total. The molecule has 0 amide bonds. The molecule has 0 saturated heterocycles. The van der Waals surface area contributed by atoms with E-state index in [2.05, 4.69) is 0 Å². The maximum Gasteiger partial charge on any atom is 0.340 e. The van der Waals surface area contributed by atoms with Crippen molar-refractivity contribution in [3.8, 4) is 11.5 Å². The molecule has 161 valence electrons. The number of carboxylic acids is 2. The van der Waals surface area contributed by atoms with E-state index in [-0.39, 0.29) is 54.3 Å². The minimum atomic E-state index is -1.40. The SMILES string of the molecule is O=C(O)c1c(C(=O)O)c(OCc2ccccc2)c2ccccc2c1OCc1ccccc1.[Na]. The van der Waals surface area contributed by atoms with Gasteiger partial charge in [0, 0.05) is 40.3 Å². The van der Waals surface area contributed by atoms with Gasteiger partial charge in [0.15, 0.2) is 0 Å². The van der Waals surface area contributed by atoms with Crippen LogP contribution >= 0.6 is 0 Å². The second kappa shape index (κ2) is 11.0. The predicted molar refractivity (Wildman–Crippen MR) is 125 cm³/mol. The molecule has 0 aromatic heterocycles. The van der Waals surface area contributed by atoms with E-state index in [4.69, 9.17) is 9.47 Å². The topological polar surface area (TPSA) is 93.1 Å². The first kappa shape index (κ1) is 24.3. The van der Waals surface area contributed by atoms with E-state index in [1.165, 1.54) is 0 Å². The van der Waals surface area contributed by atoms with Crippen molar-refractivity contribution in [2.24, 2.45) is 0 Å². The van der Waals surface area contributed by atoms with Crippen molar-refractivity contribution in [3.63, 3.8) is 0 Å². The molecule has 6 nitrogen and oxygen atoms in total. The quantitative estimate of drug-likeness (QED) is 0.366. The van der Waals surface area contributed by atoms with Crippen LogP contribution < -0.4 is 9.47 Å². The second-order valence-corrected chi connectivity index (χ2v) is 7.11. The third kappa shape index (κ3) is 5.37. The normalized spacial score (nSPS) is 10.3. The first-order chi connectivity index (χ1) is 15.6. The van der Waals surface area contributed by atoms with Gasteiger partial charge in [-0.25, -0.2) is 9.59 Å². The Kier molecular flexibility index (Phi) is 8.11. The Morgan fingerprint density at radius 2 is 0.909 bits per heavy atom. The summed E-state index contributed by atoms with van der Waals surface area (Å²) in [5, 5.41) is 20.9. The van der Waals surface area contributed by atoms with E-state index in [0.717, 1.165) is 11.1 Å². The third-order valence-electron chi connectivity index (χ3n) is 5.00. The average molecular weight is 451 g/mol. The van der Waals surface area contributed by atoms with Crippen molar-refractivity contribution in [2.75, 3.05) is 0 Å². The molecular weight excluding hydrogens is 431 g/mol. The molecule has 0 heterocycles. The van der Waals surface area contributed by atoms with Crippen LogP contribution in [0.3, 0.4) is 0 Å². The van der Waals surface area contributed by atoms with E-state index in [1.807, 2.05) is 60.7 Å². The molecule has 4 aromatic rings. The van der Waals surface area contributed by atoms with Crippen LogP contribution in [-0.2, 0) is 13.2 Å². The van der Waals surface area contributed by atoms with Crippen LogP contribution in [0.2, 0.25) is 0 Å². The van der Waals surface area contributed by atoms with E-state index in [9.17, 15) is 19.8 Å². The van der Waals surface area contributed by atoms with Gasteiger partial charge in [-0.2, -0.15) is 0 Å². The number of fused-ring (bicyclic) bond motifs is 1. The Morgan fingerprint density at radius 1 is 0.576 bits per heavy atom. The summed E-state index contributed by atoms with van der Waals surface area (Å²) in [5.41, 5.74) is 0.786. The molecule has 33 heavy (non-hydrogen) atoms. The molecule has 0 aliphatic heterocycles. The monoisotopic (exact) mass is 451 g/mol. The molecule has 4 rings (SSSR count). The van der Waals surface area contributed by atoms with Gasteiger partial charge in [0.05, 0.1) is 0 Å². The molecule has 0 atom stereocenters. The number of benzene rings is 4. The van der Waals surface area contributed by atoms with Gasteiger partial charge in [-0.05, 0) is 11.1 Å². The van der Waals surface area contributed by atoms with Crippen LogP contribution in [-0.4, -0.2) is 51.7 Å². The predicted octanol–water partition coefficient (Wildman–Crippen LogP) is 5.01. The molecule has 0 fully saturated rings. The van der Waals surface area contributed by atoms with Gasteiger partial charge < -0.3 is 19.7 Å². The Bertz CT molecular complexity index is 1170. The molecule has 0 aliphatic carbocycles. The van der Waals surface area contributed by atoms with Gasteiger partial charge in [-0.1, -0.05) is 84.9 Å². The van der Waals surface area contributed by atoms with Gasteiger partial charge >= 0.3 is 11.9 Å². The van der Waals surface area contributed by atoms with Crippen LogP contribution in [0.5, 0.6) is 11.5 Å². The van der Waals surface area contributed by atoms with Crippen molar-refractivity contribution in [1.29, 1.82) is 0 Å². The van der Waals surface area contributed by atoms with Crippen molar-refractivity contribution >= 4 is 52.3 Å². The molecule has 0 aliphatic rings. The first-order valence-corrected chi connectivity index (χ1v) is 9.95. The van der Waals surface area contributed by atoms with Crippen molar-refractivity contribution in [2.45, 2.75) is 13.2 Å². The Balaban J connectivity index is 0.00000306. The summed E-state index contributed by atoms with van der Waals surface area (Å²) >= 11 is 0. The summed E-state index contributed by atoms with van der Waals surface area (Å²) in [4.78, 5) is 24.5. The Labute approximate surface area is 212 Å². The van der Waals surface area contributed by atoms with Crippen LogP contribution in [0, 0.1) is 0 Å². The fraction of sp³-hybridized carbons (Fsp3) is 0.0769. The number of ether oxygens (including phenoxy) is 2. The van der Waals surface area contributed by atoms with Crippen molar-refractivity contribution < 1.29 is 29.3 Å². The smallest absolute Gasteiger partial charge is 0.340 e. The maximum absolute atomic E-state index is 12.2. The number of carbonyl (C=O) groups is 2. The molecule has 0 saturated carbocycles. The van der Waals surface area contributed by atoms with Gasteiger partial charge in [-0.15, -0.1) is 0 Å². The number of hydrogen-bond donors (Lipinski definition) is 2. The minimum Gasteiger partial charge on any atom is -0.487 e. The zero-order chi connectivity index (χ0) is 22.5. The molecule has 0 spiro atoms. The number of carboxylic acid groups (broad SMARTS) is 2. The molecule has 0 bridgehead atoms. The van der Waals surface area contributed by atoms with Crippen LogP contribution in [0.1, 0.15) is 31.8 Å². The molecule has 1 radical (unpaired) electrons. The fourth-order valence-electron chi connectivity index (χ4n) is 3.54. The molecule has 0 unspecified atom stereocenters. The fourth-order valence-corrected chi connectivity index (χ4v) is 3.54.